The minimum atomic E-state index is -0.191. The number of halogens is 1. The molecule has 0 fully saturated rings. The zero-order chi connectivity index (χ0) is 10.7. The van der Waals surface area contributed by atoms with Crippen LogP contribution in [0.15, 0.2) is 12.1 Å². The highest BCUT2D eigenvalue weighted by molar-refractivity contribution is 5.75. The fourth-order valence-corrected chi connectivity index (χ4v) is 1.56. The van der Waals surface area contributed by atoms with E-state index in [1.165, 1.54) is 13.0 Å². The number of aryl methyl sites for hydroxylation is 2. The fourth-order valence-electron chi connectivity index (χ4n) is 1.56. The number of hydrogen-bond donors (Lipinski definition) is 0. The SMILES string of the molecule is CC(=O)CCc1c(C)cc(C)cc1F. The van der Waals surface area contributed by atoms with Crippen LogP contribution in [0.1, 0.15) is 30.0 Å². The molecule has 0 spiro atoms. The van der Waals surface area contributed by atoms with Crippen LogP contribution in [0.3, 0.4) is 0 Å². The minimum absolute atomic E-state index is 0.101. The van der Waals surface area contributed by atoms with Gasteiger partial charge in [-0.3, -0.25) is 0 Å². The van der Waals surface area contributed by atoms with E-state index in [4.69, 9.17) is 0 Å². The first-order valence-electron chi connectivity index (χ1n) is 4.75. The topological polar surface area (TPSA) is 17.1 Å². The predicted octanol–water partition coefficient (Wildman–Crippen LogP) is 2.96. The summed E-state index contributed by atoms with van der Waals surface area (Å²) in [7, 11) is 0. The Hall–Kier alpha value is -1.18. The van der Waals surface area contributed by atoms with Crippen LogP contribution in [-0.2, 0) is 11.2 Å². The normalized spacial score (nSPS) is 10.3. The number of benzene rings is 1. The predicted molar refractivity (Wildman–Crippen MR) is 54.9 cm³/mol. The van der Waals surface area contributed by atoms with Crippen molar-refractivity contribution in [3.05, 3.63) is 34.6 Å². The summed E-state index contributed by atoms with van der Waals surface area (Å²) >= 11 is 0. The van der Waals surface area contributed by atoms with Gasteiger partial charge in [0.1, 0.15) is 11.6 Å². The second kappa shape index (κ2) is 4.36. The highest BCUT2D eigenvalue weighted by atomic mass is 19.1. The second-order valence-corrected chi connectivity index (χ2v) is 3.74. The Balaban J connectivity index is 2.91. The van der Waals surface area contributed by atoms with E-state index in [1.807, 2.05) is 19.9 Å². The van der Waals surface area contributed by atoms with E-state index in [2.05, 4.69) is 0 Å². The Morgan fingerprint density at radius 1 is 1.36 bits per heavy atom. The maximum absolute atomic E-state index is 13.5. The van der Waals surface area contributed by atoms with Crippen molar-refractivity contribution in [2.45, 2.75) is 33.6 Å². The highest BCUT2D eigenvalue weighted by Gasteiger charge is 2.07. The Bertz CT molecular complexity index is 332. The molecule has 0 aliphatic carbocycles. The quantitative estimate of drug-likeness (QED) is 0.723. The monoisotopic (exact) mass is 194 g/mol. The van der Waals surface area contributed by atoms with Gasteiger partial charge in [0.2, 0.25) is 0 Å². The van der Waals surface area contributed by atoms with Crippen LogP contribution in [0.2, 0.25) is 0 Å². The van der Waals surface area contributed by atoms with Crippen molar-refractivity contribution in [1.29, 1.82) is 0 Å². The lowest BCUT2D eigenvalue weighted by Crippen LogP contribution is -2.00. The van der Waals surface area contributed by atoms with Gasteiger partial charge in [-0.05, 0) is 49.9 Å². The maximum atomic E-state index is 13.5. The number of carbonyl (C=O) groups is 1. The molecule has 1 aromatic carbocycles. The smallest absolute Gasteiger partial charge is 0.130 e. The molecule has 0 heterocycles. The van der Waals surface area contributed by atoms with E-state index >= 15 is 0 Å². The van der Waals surface area contributed by atoms with Crippen LogP contribution < -0.4 is 0 Å². The maximum Gasteiger partial charge on any atom is 0.130 e. The summed E-state index contributed by atoms with van der Waals surface area (Å²) in [5.41, 5.74) is 2.53. The third kappa shape index (κ3) is 2.66. The molecule has 0 saturated carbocycles. The Kier molecular flexibility index (Phi) is 3.39. The van der Waals surface area contributed by atoms with Gasteiger partial charge >= 0.3 is 0 Å². The third-order valence-corrected chi connectivity index (χ3v) is 2.29. The largest absolute Gasteiger partial charge is 0.300 e. The molecule has 0 radical (unpaired) electrons. The van der Waals surface area contributed by atoms with Crippen LogP contribution in [0.5, 0.6) is 0 Å². The molecule has 0 saturated heterocycles. The zero-order valence-corrected chi connectivity index (χ0v) is 8.86. The highest BCUT2D eigenvalue weighted by Crippen LogP contribution is 2.17. The first-order valence-corrected chi connectivity index (χ1v) is 4.75. The van der Waals surface area contributed by atoms with Gasteiger partial charge in [-0.15, -0.1) is 0 Å². The molecule has 1 nitrogen and oxygen atoms in total. The molecule has 0 aromatic heterocycles. The lowest BCUT2D eigenvalue weighted by molar-refractivity contribution is -0.116. The molecule has 2 heteroatoms. The van der Waals surface area contributed by atoms with Crippen LogP contribution in [0.25, 0.3) is 0 Å². The van der Waals surface area contributed by atoms with Crippen LogP contribution >= 0.6 is 0 Å². The van der Waals surface area contributed by atoms with E-state index in [0.29, 0.717) is 18.4 Å². The van der Waals surface area contributed by atoms with Gasteiger partial charge in [-0.1, -0.05) is 6.07 Å². The van der Waals surface area contributed by atoms with E-state index < -0.39 is 0 Å². The standard InChI is InChI=1S/C12H15FO/c1-8-6-9(2)11(12(13)7-8)5-4-10(3)14/h6-7H,4-5H2,1-3H3. The molecule has 0 amide bonds. The summed E-state index contributed by atoms with van der Waals surface area (Å²) in [6.45, 7) is 5.28. The molecular formula is C12H15FO. The average Bonchev–Trinajstić information content (AvgIpc) is 2.01. The summed E-state index contributed by atoms with van der Waals surface area (Å²) < 4.78 is 13.5. The zero-order valence-electron chi connectivity index (χ0n) is 8.86. The fraction of sp³-hybridized carbons (Fsp3) is 0.417. The van der Waals surface area contributed by atoms with Crippen molar-refractivity contribution in [2.24, 2.45) is 0 Å². The number of rotatable bonds is 3. The molecule has 0 aliphatic rings. The van der Waals surface area contributed by atoms with Gasteiger partial charge in [0.25, 0.3) is 0 Å². The van der Waals surface area contributed by atoms with Crippen molar-refractivity contribution >= 4 is 5.78 Å². The Morgan fingerprint density at radius 2 is 2.00 bits per heavy atom. The summed E-state index contributed by atoms with van der Waals surface area (Å²) in [4.78, 5) is 10.8. The Morgan fingerprint density at radius 3 is 2.50 bits per heavy atom. The number of carbonyl (C=O) groups excluding carboxylic acids is 1. The minimum Gasteiger partial charge on any atom is -0.300 e. The van der Waals surface area contributed by atoms with Crippen LogP contribution in [0, 0.1) is 19.7 Å². The second-order valence-electron chi connectivity index (χ2n) is 3.74. The first-order chi connectivity index (χ1) is 6.50. The lowest BCUT2D eigenvalue weighted by atomic mass is 10.00. The van der Waals surface area contributed by atoms with E-state index in [9.17, 15) is 9.18 Å². The molecule has 0 N–H and O–H groups in total. The first kappa shape index (κ1) is 10.9. The van der Waals surface area contributed by atoms with E-state index in [0.717, 1.165) is 11.1 Å². The number of ketones is 1. The average molecular weight is 194 g/mol. The molecule has 0 atom stereocenters. The van der Waals surface area contributed by atoms with Crippen molar-refractivity contribution in [2.75, 3.05) is 0 Å². The molecule has 0 aliphatic heterocycles. The number of hydrogen-bond acceptors (Lipinski definition) is 1. The van der Waals surface area contributed by atoms with E-state index in [1.54, 1.807) is 0 Å². The van der Waals surface area contributed by atoms with Crippen molar-refractivity contribution in [3.8, 4) is 0 Å². The molecule has 1 aromatic rings. The lowest BCUT2D eigenvalue weighted by Gasteiger charge is -2.07. The van der Waals surface area contributed by atoms with Crippen LogP contribution in [-0.4, -0.2) is 5.78 Å². The molecular weight excluding hydrogens is 179 g/mol. The summed E-state index contributed by atoms with van der Waals surface area (Å²) in [5.74, 6) is -0.0897. The molecule has 0 bridgehead atoms. The van der Waals surface area contributed by atoms with E-state index in [-0.39, 0.29) is 11.6 Å². The van der Waals surface area contributed by atoms with Gasteiger partial charge in [-0.25, -0.2) is 4.39 Å². The van der Waals surface area contributed by atoms with Crippen molar-refractivity contribution in [3.63, 3.8) is 0 Å². The third-order valence-electron chi connectivity index (χ3n) is 2.29. The molecule has 76 valence electrons. The van der Waals surface area contributed by atoms with Gasteiger partial charge in [0.15, 0.2) is 0 Å². The van der Waals surface area contributed by atoms with Gasteiger partial charge in [0, 0.05) is 6.42 Å². The summed E-state index contributed by atoms with van der Waals surface area (Å²) in [6.07, 6.45) is 0.925. The number of Topliss-reactive ketones (excluding diaryl/α,β-unsaturated/α-hetero) is 1. The van der Waals surface area contributed by atoms with Gasteiger partial charge < -0.3 is 4.79 Å². The molecule has 1 rings (SSSR count). The van der Waals surface area contributed by atoms with Crippen LogP contribution in [0.4, 0.5) is 4.39 Å². The van der Waals surface area contributed by atoms with Gasteiger partial charge in [-0.2, -0.15) is 0 Å². The summed E-state index contributed by atoms with van der Waals surface area (Å²) in [5, 5.41) is 0. The summed E-state index contributed by atoms with van der Waals surface area (Å²) in [6, 6.07) is 3.46. The molecule has 0 unspecified atom stereocenters. The molecule has 14 heavy (non-hydrogen) atoms. The Labute approximate surface area is 83.9 Å². The van der Waals surface area contributed by atoms with Crippen molar-refractivity contribution in [1.82, 2.24) is 0 Å². The van der Waals surface area contributed by atoms with Crippen molar-refractivity contribution < 1.29 is 9.18 Å². The van der Waals surface area contributed by atoms with Gasteiger partial charge in [0.05, 0.1) is 0 Å².